The van der Waals surface area contributed by atoms with Crippen molar-refractivity contribution >= 4 is 5.91 Å². The molecule has 1 amide bonds. The minimum Gasteiger partial charge on any atom is -0.353 e. The van der Waals surface area contributed by atoms with Crippen LogP contribution in [-0.2, 0) is 4.79 Å². The summed E-state index contributed by atoms with van der Waals surface area (Å²) in [7, 11) is 0. The maximum absolute atomic E-state index is 10.6. The Morgan fingerprint density at radius 2 is 2.08 bits per heavy atom. The van der Waals surface area contributed by atoms with Crippen LogP contribution in [0.4, 0.5) is 0 Å². The fourth-order valence-electron chi connectivity index (χ4n) is 0.879. The molecule has 13 heavy (non-hydrogen) atoms. The van der Waals surface area contributed by atoms with Gasteiger partial charge in [-0.25, -0.2) is 0 Å². The van der Waals surface area contributed by atoms with E-state index < -0.39 is 0 Å². The van der Waals surface area contributed by atoms with Crippen LogP contribution in [0.25, 0.3) is 0 Å². The monoisotopic (exact) mass is 184 g/mol. The zero-order chi connectivity index (χ0) is 10.1. The summed E-state index contributed by atoms with van der Waals surface area (Å²) < 4.78 is 0. The molecule has 0 atom stereocenters. The van der Waals surface area contributed by atoms with E-state index >= 15 is 0 Å². The molecule has 0 aromatic carbocycles. The minimum atomic E-state index is -0.00490. The first-order valence-corrected chi connectivity index (χ1v) is 4.78. The third-order valence-corrected chi connectivity index (χ3v) is 1.67. The molecule has 2 N–H and O–H groups in total. The van der Waals surface area contributed by atoms with Crippen molar-refractivity contribution < 1.29 is 4.79 Å². The lowest BCUT2D eigenvalue weighted by Gasteiger charge is -2.07. The second-order valence-electron chi connectivity index (χ2n) is 3.19. The Labute approximate surface area is 80.6 Å². The summed E-state index contributed by atoms with van der Waals surface area (Å²) in [5, 5.41) is 5.97. The Balaban J connectivity index is 3.25. The number of hydrogen-bond acceptors (Lipinski definition) is 2. The molecule has 0 saturated carbocycles. The molecule has 0 radical (unpaired) electrons. The molecule has 0 fully saturated rings. The van der Waals surface area contributed by atoms with Crippen molar-refractivity contribution in [3.63, 3.8) is 0 Å². The van der Waals surface area contributed by atoms with Gasteiger partial charge in [-0.05, 0) is 18.5 Å². The molecule has 0 aliphatic heterocycles. The van der Waals surface area contributed by atoms with E-state index in [-0.39, 0.29) is 5.91 Å². The van der Waals surface area contributed by atoms with E-state index in [1.54, 1.807) is 0 Å². The first kappa shape index (κ1) is 12.2. The van der Waals surface area contributed by atoms with Gasteiger partial charge in [0.05, 0.1) is 0 Å². The van der Waals surface area contributed by atoms with Gasteiger partial charge < -0.3 is 10.6 Å². The van der Waals surface area contributed by atoms with Crippen molar-refractivity contribution in [2.45, 2.75) is 26.7 Å². The zero-order valence-electron chi connectivity index (χ0n) is 8.65. The van der Waals surface area contributed by atoms with E-state index in [0.717, 1.165) is 18.7 Å². The van der Waals surface area contributed by atoms with Crippen LogP contribution in [0.1, 0.15) is 26.7 Å². The van der Waals surface area contributed by atoms with Crippen LogP contribution in [0, 0.1) is 0 Å². The van der Waals surface area contributed by atoms with Crippen molar-refractivity contribution in [3.8, 4) is 0 Å². The molecule has 3 nitrogen and oxygen atoms in total. The van der Waals surface area contributed by atoms with Gasteiger partial charge in [-0.3, -0.25) is 4.79 Å². The number of amides is 1. The fraction of sp³-hybridized carbons (Fsp3) is 0.700. The molecule has 0 saturated heterocycles. The highest BCUT2D eigenvalue weighted by molar-refractivity contribution is 5.73. The Kier molecular flexibility index (Phi) is 7.30. The molecule has 3 heteroatoms. The SMILES string of the molecule is C=C(CNCCCC)CNC(C)=O. The van der Waals surface area contributed by atoms with E-state index in [1.807, 2.05) is 0 Å². The fourth-order valence-corrected chi connectivity index (χ4v) is 0.879. The van der Waals surface area contributed by atoms with Crippen molar-refractivity contribution in [1.82, 2.24) is 10.6 Å². The minimum absolute atomic E-state index is 0.00490. The van der Waals surface area contributed by atoms with Gasteiger partial charge in [0.25, 0.3) is 0 Å². The summed E-state index contributed by atoms with van der Waals surface area (Å²) in [4.78, 5) is 10.6. The van der Waals surface area contributed by atoms with Crippen LogP contribution in [0.3, 0.4) is 0 Å². The molecular weight excluding hydrogens is 164 g/mol. The topological polar surface area (TPSA) is 41.1 Å². The molecule has 0 aliphatic carbocycles. The van der Waals surface area contributed by atoms with Crippen LogP contribution in [-0.4, -0.2) is 25.5 Å². The summed E-state index contributed by atoms with van der Waals surface area (Å²) in [5.41, 5.74) is 1.02. The Morgan fingerprint density at radius 1 is 1.38 bits per heavy atom. The predicted octanol–water partition coefficient (Wildman–Crippen LogP) is 1.07. The molecular formula is C10H20N2O. The number of carbonyl (C=O) groups excluding carboxylic acids is 1. The summed E-state index contributed by atoms with van der Waals surface area (Å²) in [6, 6.07) is 0. The number of hydrogen-bond donors (Lipinski definition) is 2. The maximum atomic E-state index is 10.6. The van der Waals surface area contributed by atoms with Gasteiger partial charge in [0.2, 0.25) is 5.91 Å². The predicted molar refractivity (Wildman–Crippen MR) is 55.6 cm³/mol. The van der Waals surface area contributed by atoms with Crippen LogP contribution < -0.4 is 10.6 Å². The molecule has 0 unspecified atom stereocenters. The van der Waals surface area contributed by atoms with Gasteiger partial charge in [0, 0.05) is 20.0 Å². The van der Waals surface area contributed by atoms with Gasteiger partial charge in [-0.2, -0.15) is 0 Å². The average molecular weight is 184 g/mol. The Hall–Kier alpha value is -0.830. The first-order chi connectivity index (χ1) is 6.16. The van der Waals surface area contributed by atoms with Gasteiger partial charge >= 0.3 is 0 Å². The molecule has 0 spiro atoms. The number of nitrogens with one attached hydrogen (secondary N) is 2. The molecule has 0 rings (SSSR count). The third-order valence-electron chi connectivity index (χ3n) is 1.67. The van der Waals surface area contributed by atoms with Crippen LogP contribution in [0.5, 0.6) is 0 Å². The molecule has 0 aliphatic rings. The largest absolute Gasteiger partial charge is 0.353 e. The Morgan fingerprint density at radius 3 is 2.62 bits per heavy atom. The first-order valence-electron chi connectivity index (χ1n) is 4.78. The van der Waals surface area contributed by atoms with Crippen LogP contribution >= 0.6 is 0 Å². The molecule has 0 bridgehead atoms. The summed E-state index contributed by atoms with van der Waals surface area (Å²) in [6.07, 6.45) is 2.39. The molecule has 76 valence electrons. The van der Waals surface area contributed by atoms with E-state index in [4.69, 9.17) is 0 Å². The van der Waals surface area contributed by atoms with Crippen molar-refractivity contribution in [2.75, 3.05) is 19.6 Å². The Bertz CT molecular complexity index is 166. The molecule has 0 aromatic heterocycles. The average Bonchev–Trinajstić information content (AvgIpc) is 2.09. The third kappa shape index (κ3) is 9.08. The van der Waals surface area contributed by atoms with Crippen LogP contribution in [0.15, 0.2) is 12.2 Å². The van der Waals surface area contributed by atoms with Crippen molar-refractivity contribution in [3.05, 3.63) is 12.2 Å². The quantitative estimate of drug-likeness (QED) is 0.459. The molecule has 0 aromatic rings. The molecule has 0 heterocycles. The number of carbonyl (C=O) groups is 1. The lowest BCUT2D eigenvalue weighted by molar-refractivity contribution is -0.118. The lowest BCUT2D eigenvalue weighted by Crippen LogP contribution is -2.27. The maximum Gasteiger partial charge on any atom is 0.217 e. The highest BCUT2D eigenvalue weighted by Crippen LogP contribution is 1.86. The smallest absolute Gasteiger partial charge is 0.217 e. The lowest BCUT2D eigenvalue weighted by atomic mass is 10.3. The van der Waals surface area contributed by atoms with Crippen molar-refractivity contribution in [2.24, 2.45) is 0 Å². The zero-order valence-corrected chi connectivity index (χ0v) is 8.65. The standard InChI is InChI=1S/C10H20N2O/c1-4-5-6-11-7-9(2)8-12-10(3)13/h11H,2,4-8H2,1,3H3,(H,12,13). The van der Waals surface area contributed by atoms with Gasteiger partial charge in [0.15, 0.2) is 0 Å². The second-order valence-corrected chi connectivity index (χ2v) is 3.19. The number of unbranched alkanes of at least 4 members (excludes halogenated alkanes) is 1. The van der Waals surface area contributed by atoms with E-state index in [2.05, 4.69) is 24.1 Å². The van der Waals surface area contributed by atoms with E-state index in [9.17, 15) is 4.79 Å². The summed E-state index contributed by atoms with van der Waals surface area (Å²) in [6.45, 7) is 9.91. The van der Waals surface area contributed by atoms with E-state index in [1.165, 1.54) is 19.8 Å². The second kappa shape index (κ2) is 7.80. The van der Waals surface area contributed by atoms with Gasteiger partial charge in [-0.1, -0.05) is 19.9 Å². The highest BCUT2D eigenvalue weighted by atomic mass is 16.1. The van der Waals surface area contributed by atoms with Crippen LogP contribution in [0.2, 0.25) is 0 Å². The van der Waals surface area contributed by atoms with E-state index in [0.29, 0.717) is 6.54 Å². The normalized spacial score (nSPS) is 9.69. The van der Waals surface area contributed by atoms with Crippen molar-refractivity contribution in [1.29, 1.82) is 0 Å². The highest BCUT2D eigenvalue weighted by Gasteiger charge is 1.94. The summed E-state index contributed by atoms with van der Waals surface area (Å²) in [5.74, 6) is -0.00490. The summed E-state index contributed by atoms with van der Waals surface area (Å²) >= 11 is 0. The number of rotatable bonds is 7. The van der Waals surface area contributed by atoms with Gasteiger partial charge in [0.1, 0.15) is 0 Å². The van der Waals surface area contributed by atoms with Gasteiger partial charge in [-0.15, -0.1) is 0 Å².